The van der Waals surface area contributed by atoms with Gasteiger partial charge in [0.05, 0.1) is 0 Å². The molecule has 1 aromatic rings. The molecule has 0 heterocycles. The Kier molecular flexibility index (Phi) is 7.14. The standard InChI is InChI=1S/C15H23NO2/c1-3-9-16-11-13(2)12-18-15-6-4-14(5-7-15)8-10-17/h4-7,16-17H,2-3,8-12H2,1H3. The van der Waals surface area contributed by atoms with Gasteiger partial charge in [-0.25, -0.2) is 0 Å². The van der Waals surface area contributed by atoms with Crippen molar-refractivity contribution >= 4 is 0 Å². The fourth-order valence-electron chi connectivity index (χ4n) is 1.56. The van der Waals surface area contributed by atoms with Gasteiger partial charge >= 0.3 is 0 Å². The first kappa shape index (κ1) is 14.7. The number of rotatable bonds is 9. The summed E-state index contributed by atoms with van der Waals surface area (Å²) < 4.78 is 5.63. The van der Waals surface area contributed by atoms with E-state index in [1.165, 1.54) is 0 Å². The molecule has 0 saturated carbocycles. The molecular formula is C15H23NO2. The third-order valence-electron chi connectivity index (χ3n) is 2.57. The summed E-state index contributed by atoms with van der Waals surface area (Å²) in [4.78, 5) is 0. The number of nitrogens with one attached hydrogen (secondary N) is 1. The molecule has 1 rings (SSSR count). The van der Waals surface area contributed by atoms with Gasteiger partial charge in [0.15, 0.2) is 0 Å². The summed E-state index contributed by atoms with van der Waals surface area (Å²) in [6, 6.07) is 7.81. The van der Waals surface area contributed by atoms with Gasteiger partial charge in [-0.3, -0.25) is 0 Å². The third-order valence-corrected chi connectivity index (χ3v) is 2.57. The summed E-state index contributed by atoms with van der Waals surface area (Å²) in [6.07, 6.45) is 1.81. The number of hydrogen-bond acceptors (Lipinski definition) is 3. The maximum atomic E-state index is 8.82. The van der Waals surface area contributed by atoms with Gasteiger partial charge in [0.1, 0.15) is 12.4 Å². The molecule has 3 heteroatoms. The van der Waals surface area contributed by atoms with Crippen LogP contribution in [0.1, 0.15) is 18.9 Å². The van der Waals surface area contributed by atoms with Crippen molar-refractivity contribution in [3.8, 4) is 5.75 Å². The van der Waals surface area contributed by atoms with Gasteiger partial charge in [0, 0.05) is 13.2 Å². The van der Waals surface area contributed by atoms with E-state index in [0.29, 0.717) is 13.0 Å². The van der Waals surface area contributed by atoms with Crippen LogP contribution in [-0.2, 0) is 6.42 Å². The van der Waals surface area contributed by atoms with Gasteiger partial charge in [0.25, 0.3) is 0 Å². The summed E-state index contributed by atoms with van der Waals surface area (Å²) in [5.41, 5.74) is 2.16. The largest absolute Gasteiger partial charge is 0.489 e. The molecule has 0 aliphatic rings. The maximum absolute atomic E-state index is 8.82. The molecule has 0 aliphatic heterocycles. The van der Waals surface area contributed by atoms with Crippen LogP contribution in [0.4, 0.5) is 0 Å². The third kappa shape index (κ3) is 5.84. The lowest BCUT2D eigenvalue weighted by Gasteiger charge is -2.10. The highest BCUT2D eigenvalue weighted by Crippen LogP contribution is 2.13. The Morgan fingerprint density at radius 1 is 1.33 bits per heavy atom. The molecule has 0 aromatic heterocycles. The fraction of sp³-hybridized carbons (Fsp3) is 0.467. The van der Waals surface area contributed by atoms with Crippen molar-refractivity contribution in [3.05, 3.63) is 42.0 Å². The van der Waals surface area contributed by atoms with E-state index >= 15 is 0 Å². The van der Waals surface area contributed by atoms with E-state index in [0.717, 1.165) is 36.4 Å². The number of aliphatic hydroxyl groups is 1. The van der Waals surface area contributed by atoms with Crippen LogP contribution in [0.3, 0.4) is 0 Å². The second kappa shape index (κ2) is 8.72. The first-order chi connectivity index (χ1) is 8.76. The molecule has 0 unspecified atom stereocenters. The summed E-state index contributed by atoms with van der Waals surface area (Å²) in [6.45, 7) is 8.64. The van der Waals surface area contributed by atoms with E-state index in [9.17, 15) is 0 Å². The second-order valence-electron chi connectivity index (χ2n) is 4.33. The Balaban J connectivity index is 2.27. The van der Waals surface area contributed by atoms with E-state index in [1.807, 2.05) is 24.3 Å². The van der Waals surface area contributed by atoms with Crippen molar-refractivity contribution in [1.82, 2.24) is 5.32 Å². The Hall–Kier alpha value is -1.32. The van der Waals surface area contributed by atoms with E-state index in [4.69, 9.17) is 9.84 Å². The zero-order valence-corrected chi connectivity index (χ0v) is 11.1. The van der Waals surface area contributed by atoms with Crippen molar-refractivity contribution in [3.63, 3.8) is 0 Å². The highest BCUT2D eigenvalue weighted by atomic mass is 16.5. The SMILES string of the molecule is C=C(CNCCC)COc1ccc(CCO)cc1. The number of benzene rings is 1. The van der Waals surface area contributed by atoms with Crippen LogP contribution in [-0.4, -0.2) is 31.4 Å². The Morgan fingerprint density at radius 2 is 2.06 bits per heavy atom. The van der Waals surface area contributed by atoms with Crippen molar-refractivity contribution in [2.24, 2.45) is 0 Å². The normalized spacial score (nSPS) is 10.3. The van der Waals surface area contributed by atoms with Gasteiger partial charge in [-0.15, -0.1) is 0 Å². The Bertz CT molecular complexity index is 346. The predicted octanol–water partition coefficient (Wildman–Crippen LogP) is 2.16. The molecular weight excluding hydrogens is 226 g/mol. The molecule has 0 bridgehead atoms. The van der Waals surface area contributed by atoms with Crippen LogP contribution in [0.2, 0.25) is 0 Å². The summed E-state index contributed by atoms with van der Waals surface area (Å²) >= 11 is 0. The highest BCUT2D eigenvalue weighted by molar-refractivity contribution is 5.27. The molecule has 0 spiro atoms. The summed E-state index contributed by atoms with van der Waals surface area (Å²) in [7, 11) is 0. The van der Waals surface area contributed by atoms with Crippen LogP contribution in [0, 0.1) is 0 Å². The fourth-order valence-corrected chi connectivity index (χ4v) is 1.56. The molecule has 0 saturated heterocycles. The minimum Gasteiger partial charge on any atom is -0.489 e. The van der Waals surface area contributed by atoms with Gasteiger partial charge in [0.2, 0.25) is 0 Å². The van der Waals surface area contributed by atoms with Crippen LogP contribution >= 0.6 is 0 Å². The van der Waals surface area contributed by atoms with Crippen molar-refractivity contribution < 1.29 is 9.84 Å². The minimum atomic E-state index is 0.181. The van der Waals surface area contributed by atoms with Gasteiger partial charge in [-0.05, 0) is 42.7 Å². The first-order valence-corrected chi connectivity index (χ1v) is 6.46. The lowest BCUT2D eigenvalue weighted by Crippen LogP contribution is -2.20. The van der Waals surface area contributed by atoms with Gasteiger partial charge < -0.3 is 15.2 Å². The Morgan fingerprint density at radius 3 is 2.67 bits per heavy atom. The van der Waals surface area contributed by atoms with Gasteiger partial charge in [-0.2, -0.15) is 0 Å². The zero-order chi connectivity index (χ0) is 13.2. The number of ether oxygens (including phenoxy) is 1. The molecule has 0 radical (unpaired) electrons. The highest BCUT2D eigenvalue weighted by Gasteiger charge is 1.98. The average Bonchev–Trinajstić information content (AvgIpc) is 2.39. The topological polar surface area (TPSA) is 41.5 Å². The Labute approximate surface area is 109 Å². The summed E-state index contributed by atoms with van der Waals surface area (Å²) in [5, 5.41) is 12.1. The zero-order valence-electron chi connectivity index (χ0n) is 11.1. The van der Waals surface area contributed by atoms with Crippen molar-refractivity contribution in [1.29, 1.82) is 0 Å². The molecule has 3 nitrogen and oxygen atoms in total. The lowest BCUT2D eigenvalue weighted by atomic mass is 10.1. The number of hydrogen-bond donors (Lipinski definition) is 2. The van der Waals surface area contributed by atoms with Crippen LogP contribution in [0.5, 0.6) is 5.75 Å². The molecule has 1 aromatic carbocycles. The average molecular weight is 249 g/mol. The lowest BCUT2D eigenvalue weighted by molar-refractivity contribution is 0.299. The first-order valence-electron chi connectivity index (χ1n) is 6.46. The predicted molar refractivity (Wildman–Crippen MR) is 75.0 cm³/mol. The smallest absolute Gasteiger partial charge is 0.119 e. The molecule has 0 fully saturated rings. The molecule has 2 N–H and O–H groups in total. The quantitative estimate of drug-likeness (QED) is 0.520. The van der Waals surface area contributed by atoms with Gasteiger partial charge in [-0.1, -0.05) is 25.6 Å². The van der Waals surface area contributed by atoms with E-state index in [-0.39, 0.29) is 6.61 Å². The van der Waals surface area contributed by atoms with Crippen LogP contribution in [0.25, 0.3) is 0 Å². The molecule has 0 aliphatic carbocycles. The van der Waals surface area contributed by atoms with E-state index < -0.39 is 0 Å². The molecule has 18 heavy (non-hydrogen) atoms. The van der Waals surface area contributed by atoms with Crippen LogP contribution < -0.4 is 10.1 Å². The van der Waals surface area contributed by atoms with Crippen molar-refractivity contribution in [2.45, 2.75) is 19.8 Å². The van der Waals surface area contributed by atoms with E-state index in [2.05, 4.69) is 18.8 Å². The molecule has 0 amide bonds. The summed E-state index contributed by atoms with van der Waals surface area (Å²) in [5.74, 6) is 0.841. The van der Waals surface area contributed by atoms with Crippen molar-refractivity contribution in [2.75, 3.05) is 26.3 Å². The number of aliphatic hydroxyl groups excluding tert-OH is 1. The second-order valence-corrected chi connectivity index (χ2v) is 4.33. The maximum Gasteiger partial charge on any atom is 0.119 e. The van der Waals surface area contributed by atoms with E-state index in [1.54, 1.807) is 0 Å². The van der Waals surface area contributed by atoms with Crippen LogP contribution in [0.15, 0.2) is 36.4 Å². The monoisotopic (exact) mass is 249 g/mol. The molecule has 100 valence electrons. The molecule has 0 atom stereocenters. The minimum absolute atomic E-state index is 0.181.